The van der Waals surface area contributed by atoms with Crippen molar-refractivity contribution in [3.05, 3.63) is 94.8 Å². The number of ketones is 1. The Morgan fingerprint density at radius 1 is 0.929 bits per heavy atom. The fourth-order valence-corrected chi connectivity index (χ4v) is 3.44. The molecule has 1 aliphatic heterocycles. The minimum absolute atomic E-state index is 0.0571. The first kappa shape index (κ1) is 17.9. The van der Waals surface area contributed by atoms with Crippen molar-refractivity contribution >= 4 is 35.0 Å². The largest absolute Gasteiger partial charge is 0.507 e. The standard InChI is InChI=1S/C21H14ClN3O3/c22-15-10-5-4-9-14(15)17-16(18(26)13-7-2-1-3-8-13)19(27)20(28)25(17)21-23-11-6-12-24-21/h1-12,17,26H/b18-16+/t17-/m1/s1. The number of Topliss-reactive ketones (excluding diaryl/α,β-unsaturated/α-hetero) is 1. The molecule has 28 heavy (non-hydrogen) atoms. The summed E-state index contributed by atoms with van der Waals surface area (Å²) in [7, 11) is 0. The van der Waals surface area contributed by atoms with E-state index in [2.05, 4.69) is 9.97 Å². The van der Waals surface area contributed by atoms with Gasteiger partial charge >= 0.3 is 5.91 Å². The van der Waals surface area contributed by atoms with Crippen LogP contribution in [0.15, 0.2) is 78.6 Å². The average molecular weight is 392 g/mol. The average Bonchev–Trinajstić information content (AvgIpc) is 3.00. The summed E-state index contributed by atoms with van der Waals surface area (Å²) < 4.78 is 0. The molecule has 1 aliphatic rings. The summed E-state index contributed by atoms with van der Waals surface area (Å²) in [5.41, 5.74) is 0.858. The van der Waals surface area contributed by atoms with Crippen molar-refractivity contribution in [2.45, 2.75) is 6.04 Å². The Morgan fingerprint density at radius 3 is 2.25 bits per heavy atom. The molecule has 1 N–H and O–H groups in total. The van der Waals surface area contributed by atoms with Crippen LogP contribution in [-0.4, -0.2) is 26.8 Å². The molecule has 0 spiro atoms. The summed E-state index contributed by atoms with van der Waals surface area (Å²) in [6.45, 7) is 0. The molecule has 1 saturated heterocycles. The van der Waals surface area contributed by atoms with Gasteiger partial charge in [-0.15, -0.1) is 0 Å². The second-order valence-corrected chi connectivity index (χ2v) is 6.51. The summed E-state index contributed by atoms with van der Waals surface area (Å²) in [6.07, 6.45) is 2.95. The Morgan fingerprint density at radius 2 is 1.57 bits per heavy atom. The van der Waals surface area contributed by atoms with Crippen LogP contribution >= 0.6 is 11.6 Å². The number of benzene rings is 2. The van der Waals surface area contributed by atoms with E-state index < -0.39 is 17.7 Å². The van der Waals surface area contributed by atoms with Crippen molar-refractivity contribution < 1.29 is 14.7 Å². The van der Waals surface area contributed by atoms with E-state index in [0.29, 0.717) is 16.1 Å². The molecule has 1 fully saturated rings. The predicted molar refractivity (Wildman–Crippen MR) is 105 cm³/mol. The first-order chi connectivity index (χ1) is 13.6. The molecule has 0 unspecified atom stereocenters. The highest BCUT2D eigenvalue weighted by Crippen LogP contribution is 2.42. The third kappa shape index (κ3) is 2.93. The Labute approximate surface area is 165 Å². The molecule has 0 aliphatic carbocycles. The predicted octanol–water partition coefficient (Wildman–Crippen LogP) is 3.76. The van der Waals surface area contributed by atoms with Crippen molar-refractivity contribution in [1.29, 1.82) is 0 Å². The third-order valence-corrected chi connectivity index (χ3v) is 4.80. The van der Waals surface area contributed by atoms with Gasteiger partial charge in [0.2, 0.25) is 5.95 Å². The first-order valence-corrected chi connectivity index (χ1v) is 8.85. The fourth-order valence-electron chi connectivity index (χ4n) is 3.20. The Bertz CT molecular complexity index is 1080. The van der Waals surface area contributed by atoms with Gasteiger partial charge in [-0.2, -0.15) is 0 Å². The topological polar surface area (TPSA) is 83.4 Å². The molecular formula is C21H14ClN3O3. The van der Waals surface area contributed by atoms with Crippen molar-refractivity contribution in [2.24, 2.45) is 0 Å². The molecule has 2 aromatic carbocycles. The molecule has 0 radical (unpaired) electrons. The van der Waals surface area contributed by atoms with E-state index in [9.17, 15) is 14.7 Å². The number of carbonyl (C=O) groups excluding carboxylic acids is 2. The third-order valence-electron chi connectivity index (χ3n) is 4.46. The number of hydrogen-bond donors (Lipinski definition) is 1. The molecule has 3 aromatic rings. The second kappa shape index (κ2) is 7.25. The summed E-state index contributed by atoms with van der Waals surface area (Å²) in [5, 5.41) is 11.2. The fraction of sp³-hybridized carbons (Fsp3) is 0.0476. The molecule has 1 aromatic heterocycles. The van der Waals surface area contributed by atoms with Crippen LogP contribution in [-0.2, 0) is 9.59 Å². The molecule has 138 valence electrons. The Balaban J connectivity index is 1.98. The van der Waals surface area contributed by atoms with Gasteiger partial charge in [0, 0.05) is 23.0 Å². The number of aromatic nitrogens is 2. The van der Waals surface area contributed by atoms with Gasteiger partial charge in [-0.1, -0.05) is 60.1 Å². The van der Waals surface area contributed by atoms with Crippen LogP contribution in [0.3, 0.4) is 0 Å². The van der Waals surface area contributed by atoms with E-state index in [1.807, 2.05) is 0 Å². The van der Waals surface area contributed by atoms with E-state index in [1.165, 1.54) is 12.4 Å². The number of rotatable bonds is 3. The molecule has 1 amide bonds. The molecule has 1 atom stereocenters. The zero-order chi connectivity index (χ0) is 19.7. The van der Waals surface area contributed by atoms with Crippen molar-refractivity contribution in [3.63, 3.8) is 0 Å². The summed E-state index contributed by atoms with van der Waals surface area (Å²) >= 11 is 6.37. The highest BCUT2D eigenvalue weighted by atomic mass is 35.5. The maximum Gasteiger partial charge on any atom is 0.302 e. The van der Waals surface area contributed by atoms with Gasteiger partial charge in [0.1, 0.15) is 5.76 Å². The molecule has 0 saturated carbocycles. The van der Waals surface area contributed by atoms with E-state index in [4.69, 9.17) is 11.6 Å². The lowest BCUT2D eigenvalue weighted by molar-refractivity contribution is -0.132. The van der Waals surface area contributed by atoms with Crippen molar-refractivity contribution in [1.82, 2.24) is 9.97 Å². The van der Waals surface area contributed by atoms with Gasteiger partial charge in [-0.05, 0) is 17.7 Å². The zero-order valence-corrected chi connectivity index (χ0v) is 15.2. The highest BCUT2D eigenvalue weighted by molar-refractivity contribution is 6.51. The summed E-state index contributed by atoms with van der Waals surface area (Å²) in [6, 6.07) is 16.1. The van der Waals surface area contributed by atoms with Crippen LogP contribution in [0, 0.1) is 0 Å². The lowest BCUT2D eigenvalue weighted by Gasteiger charge is -2.24. The van der Waals surface area contributed by atoms with Crippen LogP contribution in [0.4, 0.5) is 5.95 Å². The number of hydrogen-bond acceptors (Lipinski definition) is 5. The molecule has 0 bridgehead atoms. The van der Waals surface area contributed by atoms with Crippen LogP contribution < -0.4 is 4.90 Å². The van der Waals surface area contributed by atoms with Gasteiger partial charge in [0.05, 0.1) is 11.6 Å². The highest BCUT2D eigenvalue weighted by Gasteiger charge is 2.48. The van der Waals surface area contributed by atoms with E-state index in [0.717, 1.165) is 4.90 Å². The normalized spacial score (nSPS) is 18.5. The van der Waals surface area contributed by atoms with Crippen LogP contribution in [0.1, 0.15) is 17.2 Å². The molecule has 4 rings (SSSR count). The second-order valence-electron chi connectivity index (χ2n) is 6.11. The molecular weight excluding hydrogens is 378 g/mol. The van der Waals surface area contributed by atoms with Gasteiger partial charge in [0.15, 0.2) is 0 Å². The maximum atomic E-state index is 12.9. The SMILES string of the molecule is O=C1C(=O)N(c2ncccn2)[C@H](c2ccccc2Cl)/C1=C(\O)c1ccccc1. The zero-order valence-electron chi connectivity index (χ0n) is 14.5. The Hall–Kier alpha value is -3.51. The lowest BCUT2D eigenvalue weighted by Crippen LogP contribution is -2.31. The van der Waals surface area contributed by atoms with Crippen LogP contribution in [0.25, 0.3) is 5.76 Å². The van der Waals surface area contributed by atoms with Crippen LogP contribution in [0.5, 0.6) is 0 Å². The first-order valence-electron chi connectivity index (χ1n) is 8.47. The molecule has 7 heteroatoms. The van der Waals surface area contributed by atoms with Crippen LogP contribution in [0.2, 0.25) is 5.02 Å². The van der Waals surface area contributed by atoms with Gasteiger partial charge in [0.25, 0.3) is 5.78 Å². The number of aliphatic hydroxyl groups is 1. The summed E-state index contributed by atoms with van der Waals surface area (Å²) in [5.74, 6) is -1.86. The number of aliphatic hydroxyl groups excluding tert-OH is 1. The minimum Gasteiger partial charge on any atom is -0.507 e. The smallest absolute Gasteiger partial charge is 0.302 e. The molecule has 6 nitrogen and oxygen atoms in total. The monoisotopic (exact) mass is 391 g/mol. The van der Waals surface area contributed by atoms with Gasteiger partial charge in [-0.3, -0.25) is 14.5 Å². The number of anilines is 1. The Kier molecular flexibility index (Phi) is 4.63. The van der Waals surface area contributed by atoms with Crippen molar-refractivity contribution in [3.8, 4) is 0 Å². The maximum absolute atomic E-state index is 12.9. The van der Waals surface area contributed by atoms with E-state index in [1.54, 1.807) is 60.7 Å². The van der Waals surface area contributed by atoms with Gasteiger partial charge in [-0.25, -0.2) is 9.97 Å². The van der Waals surface area contributed by atoms with Crippen molar-refractivity contribution in [2.75, 3.05) is 4.90 Å². The van der Waals surface area contributed by atoms with E-state index in [-0.39, 0.29) is 17.3 Å². The lowest BCUT2D eigenvalue weighted by atomic mass is 9.95. The summed E-state index contributed by atoms with van der Waals surface area (Å²) in [4.78, 5) is 35.1. The number of nitrogens with zero attached hydrogens (tertiary/aromatic N) is 3. The number of halogens is 1. The van der Waals surface area contributed by atoms with Gasteiger partial charge < -0.3 is 5.11 Å². The van der Waals surface area contributed by atoms with E-state index >= 15 is 0 Å². The minimum atomic E-state index is -0.948. The number of amides is 1. The quantitative estimate of drug-likeness (QED) is 0.417. The number of carbonyl (C=O) groups is 2. The molecule has 2 heterocycles.